The Balaban J connectivity index is 1.27. The van der Waals surface area contributed by atoms with Crippen molar-refractivity contribution in [3.8, 4) is 5.75 Å². The number of ether oxygens (including phenoxy) is 1. The Kier molecular flexibility index (Phi) is 4.63. The Labute approximate surface area is 172 Å². The summed E-state index contributed by atoms with van der Waals surface area (Å²) in [7, 11) is 1.69. The van der Waals surface area contributed by atoms with Gasteiger partial charge >= 0.3 is 0 Å². The van der Waals surface area contributed by atoms with Crippen molar-refractivity contribution in [2.24, 2.45) is 0 Å². The first-order valence-electron chi connectivity index (χ1n) is 10.6. The molecular weight excluding hydrogens is 360 g/mol. The molecule has 2 heterocycles. The summed E-state index contributed by atoms with van der Waals surface area (Å²) in [5, 5.41) is 5.03. The number of hydrogen-bond donors (Lipinski definition) is 1. The fraction of sp³-hybridized carbons (Fsp3) is 0.417. The van der Waals surface area contributed by atoms with Crippen LogP contribution in [0, 0.1) is 6.92 Å². The van der Waals surface area contributed by atoms with Crippen molar-refractivity contribution in [2.75, 3.05) is 25.1 Å². The molecule has 2 fully saturated rings. The summed E-state index contributed by atoms with van der Waals surface area (Å²) < 4.78 is 5.34. The normalized spacial score (nSPS) is 18.8. The molecule has 150 valence electrons. The molecule has 1 aliphatic heterocycles. The molecule has 3 aromatic rings. The first-order chi connectivity index (χ1) is 14.2. The quantitative estimate of drug-likeness (QED) is 0.710. The molecule has 0 amide bonds. The van der Waals surface area contributed by atoms with Gasteiger partial charge in [0.25, 0.3) is 0 Å². The zero-order valence-corrected chi connectivity index (χ0v) is 17.2. The predicted octanol–water partition coefficient (Wildman–Crippen LogP) is 4.19. The second-order valence-corrected chi connectivity index (χ2v) is 8.35. The summed E-state index contributed by atoms with van der Waals surface area (Å²) in [5.74, 6) is 1.69. The number of benzene rings is 2. The van der Waals surface area contributed by atoms with Crippen LogP contribution in [0.15, 0.2) is 48.5 Å². The van der Waals surface area contributed by atoms with Crippen molar-refractivity contribution in [1.82, 2.24) is 15.3 Å². The van der Waals surface area contributed by atoms with E-state index in [2.05, 4.69) is 47.5 Å². The highest BCUT2D eigenvalue weighted by molar-refractivity contribution is 5.83. The minimum absolute atomic E-state index is 0.211. The number of rotatable bonds is 5. The summed E-state index contributed by atoms with van der Waals surface area (Å²) in [6.45, 7) is 4.03. The van der Waals surface area contributed by atoms with Crippen molar-refractivity contribution in [3.05, 3.63) is 59.8 Å². The van der Waals surface area contributed by atoms with Gasteiger partial charge in [-0.25, -0.2) is 9.97 Å². The first kappa shape index (κ1) is 18.4. The van der Waals surface area contributed by atoms with Crippen LogP contribution in [0.3, 0.4) is 0 Å². The van der Waals surface area contributed by atoms with Crippen molar-refractivity contribution in [2.45, 2.75) is 44.2 Å². The topological polar surface area (TPSA) is 50.3 Å². The van der Waals surface area contributed by atoms with E-state index in [-0.39, 0.29) is 5.54 Å². The van der Waals surface area contributed by atoms with E-state index in [1.165, 1.54) is 18.4 Å². The van der Waals surface area contributed by atoms with Crippen molar-refractivity contribution < 1.29 is 4.74 Å². The number of piperidine rings is 1. The summed E-state index contributed by atoms with van der Waals surface area (Å²) in [4.78, 5) is 12.0. The molecule has 1 saturated heterocycles. The molecule has 5 nitrogen and oxygen atoms in total. The van der Waals surface area contributed by atoms with E-state index in [1.807, 2.05) is 18.2 Å². The predicted molar refractivity (Wildman–Crippen MR) is 117 cm³/mol. The molecule has 0 atom stereocenters. The molecule has 1 N–H and O–H groups in total. The SMILES string of the molecule is COc1ccc2nc(N3CCC(NC4(c5ccccc5)CC4)CC3)nc(C)c2c1. The maximum atomic E-state index is 5.34. The van der Waals surface area contributed by atoms with Gasteiger partial charge in [0, 0.05) is 30.1 Å². The Morgan fingerprint density at radius 2 is 1.79 bits per heavy atom. The fourth-order valence-electron chi connectivity index (χ4n) is 4.53. The van der Waals surface area contributed by atoms with Crippen LogP contribution in [-0.2, 0) is 5.54 Å². The second kappa shape index (κ2) is 7.30. The van der Waals surface area contributed by atoms with Gasteiger partial charge in [0.2, 0.25) is 5.95 Å². The van der Waals surface area contributed by atoms with Crippen LogP contribution >= 0.6 is 0 Å². The number of nitrogens with zero attached hydrogens (tertiary/aromatic N) is 3. The van der Waals surface area contributed by atoms with Crippen LogP contribution in [-0.4, -0.2) is 36.2 Å². The maximum absolute atomic E-state index is 5.34. The lowest BCUT2D eigenvalue weighted by Crippen LogP contribution is -2.46. The standard InChI is InChI=1S/C24H28N4O/c1-17-21-16-20(29-2)8-9-22(21)26-23(25-17)28-14-10-19(11-15-28)27-24(12-13-24)18-6-4-3-5-7-18/h3-9,16,19,27H,10-15H2,1-2H3. The smallest absolute Gasteiger partial charge is 0.226 e. The highest BCUT2D eigenvalue weighted by atomic mass is 16.5. The lowest BCUT2D eigenvalue weighted by Gasteiger charge is -2.35. The van der Waals surface area contributed by atoms with Gasteiger partial charge in [-0.2, -0.15) is 0 Å². The number of nitrogens with one attached hydrogen (secondary N) is 1. The monoisotopic (exact) mass is 388 g/mol. The zero-order chi connectivity index (χ0) is 19.8. The van der Waals surface area contributed by atoms with Crippen LogP contribution < -0.4 is 15.0 Å². The molecule has 0 bridgehead atoms. The van der Waals surface area contributed by atoms with Crippen LogP contribution in [0.2, 0.25) is 0 Å². The number of fused-ring (bicyclic) bond motifs is 1. The number of anilines is 1. The van der Waals surface area contributed by atoms with Gasteiger partial charge in [-0.3, -0.25) is 0 Å². The molecule has 5 rings (SSSR count). The van der Waals surface area contributed by atoms with Crippen LogP contribution in [0.25, 0.3) is 10.9 Å². The molecule has 29 heavy (non-hydrogen) atoms. The molecule has 0 radical (unpaired) electrons. The average molecular weight is 389 g/mol. The Morgan fingerprint density at radius 3 is 2.48 bits per heavy atom. The molecule has 0 unspecified atom stereocenters. The molecule has 5 heteroatoms. The van der Waals surface area contributed by atoms with Gasteiger partial charge < -0.3 is 15.0 Å². The van der Waals surface area contributed by atoms with Gasteiger partial charge in [0.05, 0.1) is 18.3 Å². The number of hydrogen-bond acceptors (Lipinski definition) is 5. The van der Waals surface area contributed by atoms with E-state index in [0.717, 1.165) is 54.2 Å². The van der Waals surface area contributed by atoms with Gasteiger partial charge in [-0.05, 0) is 56.4 Å². The number of aromatic nitrogens is 2. The third-order valence-electron chi connectivity index (χ3n) is 6.42. The molecule has 0 spiro atoms. The highest BCUT2D eigenvalue weighted by Gasteiger charge is 2.45. The van der Waals surface area contributed by atoms with Crippen LogP contribution in [0.4, 0.5) is 5.95 Å². The lowest BCUT2D eigenvalue weighted by molar-refractivity contribution is 0.356. The zero-order valence-electron chi connectivity index (χ0n) is 17.2. The van der Waals surface area contributed by atoms with Crippen LogP contribution in [0.5, 0.6) is 5.75 Å². The molecule has 1 saturated carbocycles. The third-order valence-corrected chi connectivity index (χ3v) is 6.42. The van der Waals surface area contributed by atoms with E-state index in [1.54, 1.807) is 7.11 Å². The Bertz CT molecular complexity index is 1010. The van der Waals surface area contributed by atoms with Crippen molar-refractivity contribution in [1.29, 1.82) is 0 Å². The van der Waals surface area contributed by atoms with Gasteiger partial charge in [0.15, 0.2) is 0 Å². The van der Waals surface area contributed by atoms with Crippen molar-refractivity contribution in [3.63, 3.8) is 0 Å². The summed E-state index contributed by atoms with van der Waals surface area (Å²) in [6.07, 6.45) is 4.73. The van der Waals surface area contributed by atoms with E-state index in [0.29, 0.717) is 6.04 Å². The summed E-state index contributed by atoms with van der Waals surface area (Å²) >= 11 is 0. The molecular formula is C24H28N4O. The molecule has 2 aliphatic rings. The number of methoxy groups -OCH3 is 1. The molecule has 2 aromatic carbocycles. The molecule has 1 aliphatic carbocycles. The van der Waals surface area contributed by atoms with E-state index in [9.17, 15) is 0 Å². The third kappa shape index (κ3) is 3.55. The number of aryl methyl sites for hydroxylation is 1. The van der Waals surface area contributed by atoms with Crippen molar-refractivity contribution >= 4 is 16.9 Å². The largest absolute Gasteiger partial charge is 0.497 e. The lowest BCUT2D eigenvalue weighted by atomic mass is 9.99. The van der Waals surface area contributed by atoms with Gasteiger partial charge in [0.1, 0.15) is 5.75 Å². The minimum atomic E-state index is 0.211. The van der Waals surface area contributed by atoms with E-state index in [4.69, 9.17) is 14.7 Å². The maximum Gasteiger partial charge on any atom is 0.226 e. The van der Waals surface area contributed by atoms with Gasteiger partial charge in [-0.1, -0.05) is 30.3 Å². The summed E-state index contributed by atoms with van der Waals surface area (Å²) in [6, 6.07) is 17.5. The second-order valence-electron chi connectivity index (χ2n) is 8.35. The van der Waals surface area contributed by atoms with Gasteiger partial charge in [-0.15, -0.1) is 0 Å². The molecule has 1 aromatic heterocycles. The first-order valence-corrected chi connectivity index (χ1v) is 10.6. The average Bonchev–Trinajstić information content (AvgIpc) is 3.55. The minimum Gasteiger partial charge on any atom is -0.497 e. The summed E-state index contributed by atoms with van der Waals surface area (Å²) in [5.41, 5.74) is 3.63. The van der Waals surface area contributed by atoms with E-state index < -0.39 is 0 Å². The van der Waals surface area contributed by atoms with Crippen LogP contribution in [0.1, 0.15) is 36.9 Å². The fourth-order valence-corrected chi connectivity index (χ4v) is 4.53. The Morgan fingerprint density at radius 1 is 1.03 bits per heavy atom. The Hall–Kier alpha value is -2.66. The highest BCUT2D eigenvalue weighted by Crippen LogP contribution is 2.46. The van der Waals surface area contributed by atoms with E-state index >= 15 is 0 Å².